The quantitative estimate of drug-likeness (QED) is 0.587. The number of rotatable bonds is 5. The van der Waals surface area contributed by atoms with E-state index in [2.05, 4.69) is 5.10 Å². The molecular formula is C18H17N3O5S2. The number of nitrogens with zero attached hydrogens (tertiary/aromatic N) is 3. The standard InChI is InChI=1S/C18H17N3O5S2/c1-28(24,25)21-8-2-4-12-10-13(6-7-14(12)21)15(22)11-20-18(23)26-17(19-20)16-5-3-9-27-16/h3,5-7,9-10H,2,4,8,11H2,1H3. The van der Waals surface area contributed by atoms with Crippen LogP contribution in [0.2, 0.25) is 0 Å². The lowest BCUT2D eigenvalue weighted by Crippen LogP contribution is -2.34. The third kappa shape index (κ3) is 3.52. The number of anilines is 1. The Kier molecular flexibility index (Phi) is 4.68. The number of carbonyl (C=O) groups is 1. The Morgan fingerprint density at radius 1 is 1.32 bits per heavy atom. The number of ketones is 1. The highest BCUT2D eigenvalue weighted by molar-refractivity contribution is 7.92. The Hall–Kier alpha value is -2.72. The summed E-state index contributed by atoms with van der Waals surface area (Å²) in [5.74, 6) is -0.813. The number of benzene rings is 1. The number of fused-ring (bicyclic) bond motifs is 1. The molecule has 28 heavy (non-hydrogen) atoms. The number of hydrogen-bond donors (Lipinski definition) is 0. The van der Waals surface area contributed by atoms with Crippen molar-refractivity contribution in [3.05, 3.63) is 57.4 Å². The molecule has 0 unspecified atom stereocenters. The Morgan fingerprint density at radius 3 is 2.86 bits per heavy atom. The first-order valence-electron chi connectivity index (χ1n) is 8.58. The van der Waals surface area contributed by atoms with Crippen molar-refractivity contribution in [2.24, 2.45) is 0 Å². The molecule has 0 N–H and O–H groups in total. The SMILES string of the molecule is CS(=O)(=O)N1CCCc2cc(C(=O)Cn3nc(-c4cccs4)oc3=O)ccc21. The minimum Gasteiger partial charge on any atom is -0.387 e. The van der Waals surface area contributed by atoms with Crippen molar-refractivity contribution in [1.29, 1.82) is 0 Å². The van der Waals surface area contributed by atoms with E-state index in [0.717, 1.165) is 10.2 Å². The number of carbonyl (C=O) groups excluding carboxylic acids is 1. The van der Waals surface area contributed by atoms with Crippen LogP contribution in [0.4, 0.5) is 5.69 Å². The van der Waals surface area contributed by atoms with Gasteiger partial charge in [-0.1, -0.05) is 6.07 Å². The smallest absolute Gasteiger partial charge is 0.387 e. The van der Waals surface area contributed by atoms with Crippen molar-refractivity contribution >= 4 is 32.8 Å². The molecule has 10 heteroatoms. The van der Waals surface area contributed by atoms with Crippen LogP contribution >= 0.6 is 11.3 Å². The summed E-state index contributed by atoms with van der Waals surface area (Å²) in [6, 6.07) is 8.51. The molecule has 0 atom stereocenters. The molecule has 146 valence electrons. The van der Waals surface area contributed by atoms with Crippen molar-refractivity contribution in [2.75, 3.05) is 17.1 Å². The highest BCUT2D eigenvalue weighted by atomic mass is 32.2. The summed E-state index contributed by atoms with van der Waals surface area (Å²) in [5, 5.41) is 5.93. The highest BCUT2D eigenvalue weighted by Crippen LogP contribution is 2.30. The van der Waals surface area contributed by atoms with Crippen LogP contribution in [0.5, 0.6) is 0 Å². The fourth-order valence-electron chi connectivity index (χ4n) is 3.21. The predicted molar refractivity (Wildman–Crippen MR) is 105 cm³/mol. The van der Waals surface area contributed by atoms with E-state index in [0.29, 0.717) is 35.5 Å². The van der Waals surface area contributed by atoms with Gasteiger partial charge in [0.15, 0.2) is 5.78 Å². The van der Waals surface area contributed by atoms with Crippen LogP contribution in [-0.2, 0) is 23.0 Å². The van der Waals surface area contributed by atoms with Crippen LogP contribution in [0.15, 0.2) is 44.9 Å². The molecule has 2 aromatic heterocycles. The fourth-order valence-corrected chi connectivity index (χ4v) is 4.85. The van der Waals surface area contributed by atoms with E-state index in [4.69, 9.17) is 4.42 Å². The molecule has 0 fully saturated rings. The molecule has 1 aromatic carbocycles. The Balaban J connectivity index is 1.59. The minimum absolute atomic E-state index is 0.182. The van der Waals surface area contributed by atoms with Crippen LogP contribution in [-0.4, -0.2) is 36.8 Å². The monoisotopic (exact) mass is 419 g/mol. The van der Waals surface area contributed by atoms with E-state index in [1.165, 1.54) is 21.9 Å². The second-order valence-corrected chi connectivity index (χ2v) is 9.37. The van der Waals surface area contributed by atoms with Gasteiger partial charge in [-0.25, -0.2) is 13.2 Å². The first kappa shape index (κ1) is 18.6. The van der Waals surface area contributed by atoms with Gasteiger partial charge in [0.05, 0.1) is 16.8 Å². The number of thiophene rings is 1. The largest absolute Gasteiger partial charge is 0.437 e. The summed E-state index contributed by atoms with van der Waals surface area (Å²) < 4.78 is 31.4. The van der Waals surface area contributed by atoms with Gasteiger partial charge in [0.2, 0.25) is 10.0 Å². The molecule has 0 amide bonds. The summed E-state index contributed by atoms with van der Waals surface area (Å²) in [4.78, 5) is 25.4. The summed E-state index contributed by atoms with van der Waals surface area (Å²) in [6.07, 6.45) is 2.54. The van der Waals surface area contributed by atoms with Gasteiger partial charge in [-0.15, -0.1) is 16.4 Å². The van der Waals surface area contributed by atoms with E-state index in [9.17, 15) is 18.0 Å². The van der Waals surface area contributed by atoms with Gasteiger partial charge in [0.1, 0.15) is 6.54 Å². The van der Waals surface area contributed by atoms with E-state index in [-0.39, 0.29) is 18.2 Å². The minimum atomic E-state index is -3.36. The van der Waals surface area contributed by atoms with Crippen molar-refractivity contribution in [3.8, 4) is 10.8 Å². The number of aryl methyl sites for hydroxylation is 1. The van der Waals surface area contributed by atoms with Crippen LogP contribution in [0.1, 0.15) is 22.3 Å². The zero-order valence-electron chi connectivity index (χ0n) is 15.0. The van der Waals surface area contributed by atoms with Gasteiger partial charge in [0.25, 0.3) is 5.89 Å². The lowest BCUT2D eigenvalue weighted by atomic mass is 9.99. The molecule has 8 nitrogen and oxygen atoms in total. The Morgan fingerprint density at radius 2 is 2.14 bits per heavy atom. The lowest BCUT2D eigenvalue weighted by molar-refractivity contribution is 0.0965. The predicted octanol–water partition coefficient (Wildman–Crippen LogP) is 2.16. The summed E-state index contributed by atoms with van der Waals surface area (Å²) in [5.41, 5.74) is 1.81. The first-order chi connectivity index (χ1) is 13.3. The molecule has 3 heterocycles. The third-order valence-electron chi connectivity index (χ3n) is 4.51. The third-order valence-corrected chi connectivity index (χ3v) is 6.55. The van der Waals surface area contributed by atoms with Gasteiger partial charge >= 0.3 is 5.76 Å². The van der Waals surface area contributed by atoms with Gasteiger partial charge in [-0.3, -0.25) is 9.10 Å². The molecular weight excluding hydrogens is 402 g/mol. The molecule has 0 aliphatic carbocycles. The van der Waals surface area contributed by atoms with Gasteiger partial charge in [0, 0.05) is 12.1 Å². The number of hydrogen-bond acceptors (Lipinski definition) is 7. The molecule has 0 saturated heterocycles. The number of sulfonamides is 1. The maximum atomic E-state index is 12.7. The van der Waals surface area contributed by atoms with Crippen molar-refractivity contribution in [2.45, 2.75) is 19.4 Å². The second-order valence-electron chi connectivity index (χ2n) is 6.51. The fraction of sp³-hybridized carbons (Fsp3) is 0.278. The van der Waals surface area contributed by atoms with E-state index >= 15 is 0 Å². The average Bonchev–Trinajstić information content (AvgIpc) is 3.30. The van der Waals surface area contributed by atoms with Crippen LogP contribution in [0.25, 0.3) is 10.8 Å². The summed E-state index contributed by atoms with van der Waals surface area (Å²) >= 11 is 1.38. The normalized spacial score (nSPS) is 14.1. The topological polar surface area (TPSA) is 102 Å². The van der Waals surface area contributed by atoms with Crippen LogP contribution < -0.4 is 10.1 Å². The van der Waals surface area contributed by atoms with Gasteiger partial charge in [-0.05, 0) is 48.1 Å². The maximum Gasteiger partial charge on any atom is 0.437 e. The number of aromatic nitrogens is 2. The van der Waals surface area contributed by atoms with Crippen molar-refractivity contribution in [3.63, 3.8) is 0 Å². The van der Waals surface area contributed by atoms with Crippen LogP contribution in [0.3, 0.4) is 0 Å². The average molecular weight is 419 g/mol. The molecule has 0 bridgehead atoms. The van der Waals surface area contributed by atoms with Crippen molar-refractivity contribution in [1.82, 2.24) is 9.78 Å². The zero-order chi connectivity index (χ0) is 19.9. The zero-order valence-corrected chi connectivity index (χ0v) is 16.6. The van der Waals surface area contributed by atoms with E-state index in [1.807, 2.05) is 11.4 Å². The first-order valence-corrected chi connectivity index (χ1v) is 11.3. The van der Waals surface area contributed by atoms with Crippen molar-refractivity contribution < 1.29 is 17.6 Å². The summed E-state index contributed by atoms with van der Waals surface area (Å²) in [6.45, 7) is 0.182. The summed E-state index contributed by atoms with van der Waals surface area (Å²) in [7, 11) is -3.36. The molecule has 4 rings (SSSR count). The maximum absolute atomic E-state index is 12.7. The molecule has 1 aliphatic rings. The molecule has 1 aliphatic heterocycles. The Bertz CT molecular complexity index is 1190. The number of Topliss-reactive ketones (excluding diaryl/α,β-unsaturated/α-hetero) is 1. The molecule has 0 saturated carbocycles. The molecule has 0 spiro atoms. The van der Waals surface area contributed by atoms with E-state index < -0.39 is 15.8 Å². The van der Waals surface area contributed by atoms with Gasteiger partial charge < -0.3 is 4.42 Å². The van der Waals surface area contributed by atoms with E-state index in [1.54, 1.807) is 24.3 Å². The highest BCUT2D eigenvalue weighted by Gasteiger charge is 2.25. The Labute approximate surface area is 165 Å². The van der Waals surface area contributed by atoms with Gasteiger partial charge in [-0.2, -0.15) is 4.68 Å². The molecule has 3 aromatic rings. The van der Waals surface area contributed by atoms with Crippen LogP contribution in [0, 0.1) is 0 Å². The second kappa shape index (κ2) is 7.02. The molecule has 0 radical (unpaired) electrons. The lowest BCUT2D eigenvalue weighted by Gasteiger charge is -2.29.